The summed E-state index contributed by atoms with van der Waals surface area (Å²) in [5.41, 5.74) is 0.900. The van der Waals surface area contributed by atoms with Crippen LogP contribution in [0.4, 0.5) is 13.2 Å². The summed E-state index contributed by atoms with van der Waals surface area (Å²) < 4.78 is 67.9. The number of halogens is 3. The molecule has 1 amide bonds. The zero-order valence-electron chi connectivity index (χ0n) is 17.7. The van der Waals surface area contributed by atoms with Crippen molar-refractivity contribution in [2.75, 3.05) is 26.2 Å². The maximum absolute atomic E-state index is 12.9. The number of sulfonamides is 1. The molecule has 1 aromatic carbocycles. The monoisotopic (exact) mass is 464 g/mol. The van der Waals surface area contributed by atoms with E-state index in [2.05, 4.69) is 0 Å². The summed E-state index contributed by atoms with van der Waals surface area (Å²) in [6.07, 6.45) is -4.16. The quantitative estimate of drug-likeness (QED) is 0.654. The third kappa shape index (κ3) is 7.20. The Hall–Kier alpha value is -2.14. The Bertz CT molecular complexity index is 885. The second kappa shape index (κ2) is 9.56. The van der Waals surface area contributed by atoms with Gasteiger partial charge in [-0.25, -0.2) is 8.42 Å². The van der Waals surface area contributed by atoms with Gasteiger partial charge in [-0.05, 0) is 36.0 Å². The minimum atomic E-state index is -4.55. The number of carbonyl (C=O) groups excluding carboxylic acids is 2. The molecule has 11 heteroatoms. The number of carbonyl (C=O) groups is 2. The number of nitrogens with zero attached hydrogens (tertiary/aromatic N) is 1. The van der Waals surface area contributed by atoms with Gasteiger partial charge in [0.2, 0.25) is 10.0 Å². The molecule has 0 aromatic heterocycles. The van der Waals surface area contributed by atoms with Crippen molar-refractivity contribution < 1.29 is 35.9 Å². The summed E-state index contributed by atoms with van der Waals surface area (Å²) in [5.74, 6) is -2.40. The van der Waals surface area contributed by atoms with Crippen LogP contribution >= 0.6 is 0 Å². The zero-order valence-corrected chi connectivity index (χ0v) is 18.5. The SMILES string of the molecule is CC(C)(C)c1ccc(S(=O)(=O)N2CCC(C(=O)OCC(=O)NCC(F)(F)F)CC2)cc1. The van der Waals surface area contributed by atoms with E-state index in [1.54, 1.807) is 29.6 Å². The molecule has 0 saturated carbocycles. The maximum Gasteiger partial charge on any atom is 0.405 e. The van der Waals surface area contributed by atoms with Gasteiger partial charge < -0.3 is 10.1 Å². The van der Waals surface area contributed by atoms with E-state index in [-0.39, 0.29) is 36.2 Å². The highest BCUT2D eigenvalue weighted by molar-refractivity contribution is 7.89. The lowest BCUT2D eigenvalue weighted by Crippen LogP contribution is -2.41. The number of piperidine rings is 1. The van der Waals surface area contributed by atoms with Crippen LogP contribution in [-0.2, 0) is 29.8 Å². The molecule has 7 nitrogen and oxygen atoms in total. The normalized spacial score (nSPS) is 16.7. The first-order chi connectivity index (χ1) is 14.2. The summed E-state index contributed by atoms with van der Waals surface area (Å²) in [6.45, 7) is 3.97. The highest BCUT2D eigenvalue weighted by Gasteiger charge is 2.33. The van der Waals surface area contributed by atoms with Crippen LogP contribution in [0.3, 0.4) is 0 Å². The molecule has 0 spiro atoms. The van der Waals surface area contributed by atoms with Gasteiger partial charge in [0.25, 0.3) is 5.91 Å². The molecule has 1 aliphatic rings. The Labute approximate surface area is 180 Å². The second-order valence-corrected chi connectivity index (χ2v) is 10.4. The van der Waals surface area contributed by atoms with Crippen LogP contribution in [0.5, 0.6) is 0 Å². The third-order valence-corrected chi connectivity index (χ3v) is 6.89. The van der Waals surface area contributed by atoms with Crippen LogP contribution < -0.4 is 5.32 Å². The molecule has 31 heavy (non-hydrogen) atoms. The van der Waals surface area contributed by atoms with Crippen molar-refractivity contribution >= 4 is 21.9 Å². The number of hydrogen-bond donors (Lipinski definition) is 1. The molecule has 1 aromatic rings. The number of benzene rings is 1. The van der Waals surface area contributed by atoms with Gasteiger partial charge in [0.1, 0.15) is 6.54 Å². The molecule has 0 atom stereocenters. The minimum absolute atomic E-state index is 0.101. The smallest absolute Gasteiger partial charge is 0.405 e. The number of esters is 1. The van der Waals surface area contributed by atoms with Crippen LogP contribution in [0, 0.1) is 5.92 Å². The summed E-state index contributed by atoms with van der Waals surface area (Å²) in [5, 5.41) is 1.61. The lowest BCUT2D eigenvalue weighted by molar-refractivity contribution is -0.155. The standard InChI is InChI=1S/C20H27F3N2O5S/c1-19(2,3)15-4-6-16(7-5-15)31(28,29)25-10-8-14(9-11-25)18(27)30-12-17(26)24-13-20(21,22)23/h4-7,14H,8-13H2,1-3H3,(H,24,26). The Morgan fingerprint density at radius 1 is 1.10 bits per heavy atom. The number of nitrogens with one attached hydrogen (secondary N) is 1. The van der Waals surface area contributed by atoms with E-state index >= 15 is 0 Å². The van der Waals surface area contributed by atoms with E-state index in [1.807, 2.05) is 20.8 Å². The molecular weight excluding hydrogens is 437 g/mol. The van der Waals surface area contributed by atoms with Crippen molar-refractivity contribution in [1.29, 1.82) is 0 Å². The molecule has 0 radical (unpaired) electrons. The number of alkyl halides is 3. The second-order valence-electron chi connectivity index (χ2n) is 8.45. The molecule has 1 aliphatic heterocycles. The van der Waals surface area contributed by atoms with E-state index in [1.165, 1.54) is 4.31 Å². The molecule has 0 unspecified atom stereocenters. The Morgan fingerprint density at radius 2 is 1.65 bits per heavy atom. The molecular formula is C20H27F3N2O5S. The van der Waals surface area contributed by atoms with Crippen molar-refractivity contribution in [1.82, 2.24) is 9.62 Å². The number of hydrogen-bond acceptors (Lipinski definition) is 5. The molecule has 1 N–H and O–H groups in total. The van der Waals surface area contributed by atoms with Gasteiger partial charge in [0.05, 0.1) is 10.8 Å². The summed E-state index contributed by atoms with van der Waals surface area (Å²) in [4.78, 5) is 23.6. The van der Waals surface area contributed by atoms with Crippen molar-refractivity contribution in [3.8, 4) is 0 Å². The number of amides is 1. The van der Waals surface area contributed by atoms with Gasteiger partial charge in [-0.1, -0.05) is 32.9 Å². The average molecular weight is 465 g/mol. The maximum atomic E-state index is 12.9. The molecule has 1 fully saturated rings. The van der Waals surface area contributed by atoms with Crippen LogP contribution in [0.15, 0.2) is 29.2 Å². The molecule has 0 aliphatic carbocycles. The number of rotatable bonds is 6. The van der Waals surface area contributed by atoms with Crippen LogP contribution in [0.2, 0.25) is 0 Å². The van der Waals surface area contributed by atoms with Gasteiger partial charge >= 0.3 is 12.1 Å². The Kier molecular flexibility index (Phi) is 7.75. The first kappa shape index (κ1) is 25.1. The predicted octanol–water partition coefficient (Wildman–Crippen LogP) is 2.61. The lowest BCUT2D eigenvalue weighted by atomic mass is 9.87. The fourth-order valence-electron chi connectivity index (χ4n) is 3.11. The van der Waals surface area contributed by atoms with E-state index in [0.29, 0.717) is 0 Å². The van der Waals surface area contributed by atoms with E-state index in [9.17, 15) is 31.2 Å². The third-order valence-electron chi connectivity index (χ3n) is 4.98. The van der Waals surface area contributed by atoms with E-state index in [4.69, 9.17) is 4.74 Å². The van der Waals surface area contributed by atoms with Crippen LogP contribution in [0.1, 0.15) is 39.2 Å². The topological polar surface area (TPSA) is 92.8 Å². The van der Waals surface area contributed by atoms with Crippen molar-refractivity contribution in [2.24, 2.45) is 5.92 Å². The van der Waals surface area contributed by atoms with E-state index in [0.717, 1.165) is 5.56 Å². The first-order valence-electron chi connectivity index (χ1n) is 9.81. The summed E-state index contributed by atoms with van der Waals surface area (Å²) in [7, 11) is -3.71. The van der Waals surface area contributed by atoms with Crippen molar-refractivity contribution in [2.45, 2.75) is 50.1 Å². The van der Waals surface area contributed by atoms with Gasteiger partial charge in [0, 0.05) is 13.1 Å². The van der Waals surface area contributed by atoms with Gasteiger partial charge in [-0.15, -0.1) is 0 Å². The van der Waals surface area contributed by atoms with Gasteiger partial charge in [0.15, 0.2) is 6.61 Å². The highest BCUT2D eigenvalue weighted by Crippen LogP contribution is 2.27. The molecule has 0 bridgehead atoms. The average Bonchev–Trinajstić information content (AvgIpc) is 2.69. The lowest BCUT2D eigenvalue weighted by Gasteiger charge is -2.30. The largest absolute Gasteiger partial charge is 0.455 e. The molecule has 1 heterocycles. The van der Waals surface area contributed by atoms with Gasteiger partial charge in [-0.3, -0.25) is 9.59 Å². The predicted molar refractivity (Wildman–Crippen MR) is 107 cm³/mol. The van der Waals surface area contributed by atoms with Crippen molar-refractivity contribution in [3.63, 3.8) is 0 Å². The Balaban J connectivity index is 1.87. The van der Waals surface area contributed by atoms with E-state index < -0.39 is 47.1 Å². The van der Waals surface area contributed by atoms with Crippen molar-refractivity contribution in [3.05, 3.63) is 29.8 Å². The molecule has 1 saturated heterocycles. The summed E-state index contributed by atoms with van der Waals surface area (Å²) >= 11 is 0. The molecule has 174 valence electrons. The zero-order chi connectivity index (χ0) is 23.4. The first-order valence-corrected chi connectivity index (χ1v) is 11.2. The highest BCUT2D eigenvalue weighted by atomic mass is 32.2. The fourth-order valence-corrected chi connectivity index (χ4v) is 4.58. The minimum Gasteiger partial charge on any atom is -0.455 e. The fraction of sp³-hybridized carbons (Fsp3) is 0.600. The van der Waals surface area contributed by atoms with Crippen LogP contribution in [-0.4, -0.2) is 57.0 Å². The number of ether oxygens (including phenoxy) is 1. The Morgan fingerprint density at radius 3 is 2.13 bits per heavy atom. The summed E-state index contributed by atoms with van der Waals surface area (Å²) in [6, 6.07) is 6.69. The van der Waals surface area contributed by atoms with Crippen LogP contribution in [0.25, 0.3) is 0 Å². The molecule has 2 rings (SSSR count). The van der Waals surface area contributed by atoms with Gasteiger partial charge in [-0.2, -0.15) is 17.5 Å².